The summed E-state index contributed by atoms with van der Waals surface area (Å²) in [6.07, 6.45) is 5.65. The van der Waals surface area contributed by atoms with Gasteiger partial charge in [-0.25, -0.2) is 19.8 Å². The summed E-state index contributed by atoms with van der Waals surface area (Å²) in [7, 11) is 2.14. The molecular formula is C31H29FN6O2S. The van der Waals surface area contributed by atoms with Gasteiger partial charge in [0.15, 0.2) is 11.6 Å². The van der Waals surface area contributed by atoms with Crippen molar-refractivity contribution in [2.75, 3.05) is 32.0 Å². The van der Waals surface area contributed by atoms with Gasteiger partial charge in [-0.15, -0.1) is 11.3 Å². The number of nitrogens with one attached hydrogen (secondary N) is 3. The number of aliphatic imine (C=N–C) groups is 1. The third-order valence-electron chi connectivity index (χ3n) is 7.41. The highest BCUT2D eigenvalue weighted by molar-refractivity contribution is 7.20. The number of nitrogens with zero attached hydrogens (tertiary/aromatic N) is 3. The van der Waals surface area contributed by atoms with Crippen LogP contribution in [0.15, 0.2) is 77.9 Å². The summed E-state index contributed by atoms with van der Waals surface area (Å²) in [4.78, 5) is 37.6. The number of amides is 1. The minimum Gasteiger partial charge on any atom is -0.320 e. The number of aromatic nitrogens is 1. The number of hydrazine groups is 1. The Morgan fingerprint density at radius 1 is 1.12 bits per heavy atom. The van der Waals surface area contributed by atoms with Crippen LogP contribution in [0.25, 0.3) is 15.8 Å². The van der Waals surface area contributed by atoms with E-state index in [1.165, 1.54) is 29.0 Å². The van der Waals surface area contributed by atoms with Crippen molar-refractivity contribution in [2.45, 2.75) is 18.8 Å². The van der Waals surface area contributed by atoms with E-state index in [1.54, 1.807) is 18.2 Å². The van der Waals surface area contributed by atoms with E-state index in [0.717, 1.165) is 36.0 Å². The average molecular weight is 569 g/mol. The number of Topliss-reactive ketones (excluding diaryl/α,β-unsaturated/α-hetero) is 1. The molecule has 0 saturated carbocycles. The lowest BCUT2D eigenvalue weighted by Crippen LogP contribution is -2.33. The van der Waals surface area contributed by atoms with Gasteiger partial charge in [0.05, 0.1) is 22.8 Å². The van der Waals surface area contributed by atoms with Gasteiger partial charge in [-0.05, 0) is 92.3 Å². The van der Waals surface area contributed by atoms with Crippen molar-refractivity contribution in [3.05, 3.63) is 94.8 Å². The molecule has 0 radical (unpaired) electrons. The molecule has 2 aromatic carbocycles. The highest BCUT2D eigenvalue weighted by Crippen LogP contribution is 2.29. The van der Waals surface area contributed by atoms with Crippen molar-refractivity contribution >= 4 is 56.0 Å². The zero-order valence-electron chi connectivity index (χ0n) is 22.5. The number of fused-ring (bicyclic) bond motifs is 1. The third-order valence-corrected chi connectivity index (χ3v) is 8.52. The fourth-order valence-corrected chi connectivity index (χ4v) is 6.01. The van der Waals surface area contributed by atoms with Crippen LogP contribution in [0.3, 0.4) is 0 Å². The molecule has 0 unspecified atom stereocenters. The number of halogens is 1. The molecule has 1 amide bonds. The minimum absolute atomic E-state index is 0.0171. The fraction of sp³-hybridized carbons (Fsp3) is 0.226. The lowest BCUT2D eigenvalue weighted by molar-refractivity contribution is -0.112. The van der Waals surface area contributed by atoms with Gasteiger partial charge >= 0.3 is 0 Å². The molecule has 41 heavy (non-hydrogen) atoms. The first-order valence-corrected chi connectivity index (χ1v) is 14.3. The number of piperidine rings is 1. The first-order valence-electron chi connectivity index (χ1n) is 13.5. The molecule has 2 aliphatic rings. The van der Waals surface area contributed by atoms with Gasteiger partial charge < -0.3 is 15.6 Å². The molecule has 8 nitrogen and oxygen atoms in total. The van der Waals surface area contributed by atoms with E-state index in [2.05, 4.69) is 38.1 Å². The lowest BCUT2D eigenvalue weighted by Gasteiger charge is -2.28. The summed E-state index contributed by atoms with van der Waals surface area (Å²) in [5.41, 5.74) is 8.40. The summed E-state index contributed by atoms with van der Waals surface area (Å²) in [6, 6.07) is 17.7. The van der Waals surface area contributed by atoms with Crippen LogP contribution in [0.4, 0.5) is 15.9 Å². The Hall–Kier alpha value is -4.25. The number of thiophene rings is 1. The number of likely N-dealkylation sites (tertiary alicyclic amines) is 1. The molecule has 0 aliphatic carbocycles. The van der Waals surface area contributed by atoms with Crippen molar-refractivity contribution in [1.29, 1.82) is 0 Å². The van der Waals surface area contributed by atoms with E-state index < -0.39 is 11.7 Å². The molecule has 1 fully saturated rings. The standard InChI is InChI=1S/C31H29FN6O2S/c1-38-12-10-19(11-13-38)22-7-9-30(33-17-22)35-26-16-24(37-34-18-27(26)39)20-6-8-23(32)25(14-20)36-31(40)29-15-21-4-2-3-5-28(21)41-29/h2-9,14-17,19,34,37H,10-13,18H2,1H3,(H,36,40). The normalized spacial score (nSPS) is 17.8. The number of benzene rings is 2. The maximum atomic E-state index is 14.8. The van der Waals surface area contributed by atoms with E-state index in [-0.39, 0.29) is 23.7 Å². The van der Waals surface area contributed by atoms with E-state index in [4.69, 9.17) is 0 Å². The molecule has 0 spiro atoms. The van der Waals surface area contributed by atoms with Gasteiger partial charge in [-0.1, -0.05) is 24.3 Å². The van der Waals surface area contributed by atoms with Crippen molar-refractivity contribution in [3.8, 4) is 0 Å². The van der Waals surface area contributed by atoms with Crippen LogP contribution in [0.5, 0.6) is 0 Å². The predicted molar refractivity (Wildman–Crippen MR) is 161 cm³/mol. The number of carbonyl (C=O) groups excluding carboxylic acids is 2. The van der Waals surface area contributed by atoms with Gasteiger partial charge in [0.1, 0.15) is 11.5 Å². The van der Waals surface area contributed by atoms with Gasteiger partial charge in [0.25, 0.3) is 5.91 Å². The quantitative estimate of drug-likeness (QED) is 0.303. The first kappa shape index (κ1) is 26.9. The van der Waals surface area contributed by atoms with Gasteiger partial charge in [-0.2, -0.15) is 0 Å². The smallest absolute Gasteiger partial charge is 0.265 e. The maximum absolute atomic E-state index is 14.8. The number of pyridine rings is 1. The van der Waals surface area contributed by atoms with E-state index >= 15 is 0 Å². The first-order chi connectivity index (χ1) is 19.9. The zero-order chi connectivity index (χ0) is 28.3. The molecule has 4 aromatic rings. The Kier molecular flexibility index (Phi) is 7.69. The van der Waals surface area contributed by atoms with E-state index in [0.29, 0.717) is 27.9 Å². The van der Waals surface area contributed by atoms with Crippen molar-refractivity contribution < 1.29 is 14.0 Å². The van der Waals surface area contributed by atoms with Gasteiger partial charge in [0, 0.05) is 16.5 Å². The molecule has 4 heterocycles. The Balaban J connectivity index is 1.23. The Labute approximate surface area is 241 Å². The van der Waals surface area contributed by atoms with Crippen LogP contribution in [0, 0.1) is 5.82 Å². The zero-order valence-corrected chi connectivity index (χ0v) is 23.3. The molecular weight excluding hydrogens is 539 g/mol. The minimum atomic E-state index is -0.566. The van der Waals surface area contributed by atoms with Gasteiger partial charge in [-0.3, -0.25) is 9.59 Å². The Bertz CT molecular complexity index is 1640. The topological polar surface area (TPSA) is 98.7 Å². The Morgan fingerprint density at radius 2 is 1.95 bits per heavy atom. The summed E-state index contributed by atoms with van der Waals surface area (Å²) >= 11 is 1.35. The van der Waals surface area contributed by atoms with Crippen LogP contribution >= 0.6 is 11.3 Å². The number of hydrogen-bond donors (Lipinski definition) is 3. The lowest BCUT2D eigenvalue weighted by atomic mass is 9.91. The summed E-state index contributed by atoms with van der Waals surface area (Å²) in [5, 5.41) is 3.64. The van der Waals surface area contributed by atoms with Crippen LogP contribution < -0.4 is 16.2 Å². The molecule has 3 N–H and O–H groups in total. The van der Waals surface area contributed by atoms with E-state index in [9.17, 15) is 14.0 Å². The third kappa shape index (κ3) is 6.09. The largest absolute Gasteiger partial charge is 0.320 e. The maximum Gasteiger partial charge on any atom is 0.265 e. The summed E-state index contributed by atoms with van der Waals surface area (Å²) in [6.45, 7) is 2.15. The monoisotopic (exact) mass is 568 g/mol. The molecule has 0 bridgehead atoms. The molecule has 208 valence electrons. The summed E-state index contributed by atoms with van der Waals surface area (Å²) < 4.78 is 15.7. The number of anilines is 1. The molecule has 2 aliphatic heterocycles. The highest BCUT2D eigenvalue weighted by Gasteiger charge is 2.20. The summed E-state index contributed by atoms with van der Waals surface area (Å²) in [5.74, 6) is -0.251. The van der Waals surface area contributed by atoms with E-state index in [1.807, 2.05) is 42.6 Å². The number of carbonyl (C=O) groups is 2. The average Bonchev–Trinajstić information content (AvgIpc) is 3.34. The highest BCUT2D eigenvalue weighted by atomic mass is 32.1. The van der Waals surface area contributed by atoms with Crippen LogP contribution in [-0.2, 0) is 4.79 Å². The second kappa shape index (κ2) is 11.7. The SMILES string of the molecule is CN1CCC(c2ccc(N=C3C=C(c4ccc(F)c(NC(=O)c5cc6ccccc6s5)c4)NNCC3=O)nc2)CC1. The van der Waals surface area contributed by atoms with Crippen LogP contribution in [0.1, 0.15) is 39.6 Å². The molecule has 6 rings (SSSR count). The predicted octanol–water partition coefficient (Wildman–Crippen LogP) is 5.29. The molecule has 2 aromatic heterocycles. The van der Waals surface area contributed by atoms with Crippen LogP contribution in [-0.4, -0.2) is 54.0 Å². The number of ketones is 1. The number of allylic oxidation sites excluding steroid dienone is 1. The molecule has 1 saturated heterocycles. The van der Waals surface area contributed by atoms with Crippen molar-refractivity contribution in [3.63, 3.8) is 0 Å². The van der Waals surface area contributed by atoms with Gasteiger partial charge in [0.2, 0.25) is 0 Å². The fourth-order valence-electron chi connectivity index (χ4n) is 5.05. The Morgan fingerprint density at radius 3 is 2.73 bits per heavy atom. The number of hydrogen-bond acceptors (Lipinski definition) is 8. The van der Waals surface area contributed by atoms with Crippen molar-refractivity contribution in [1.82, 2.24) is 20.7 Å². The number of rotatable bonds is 5. The molecule has 10 heteroatoms. The second-order valence-corrected chi connectivity index (χ2v) is 11.4. The molecule has 0 atom stereocenters. The van der Waals surface area contributed by atoms with Crippen LogP contribution in [0.2, 0.25) is 0 Å². The second-order valence-electron chi connectivity index (χ2n) is 10.3. The van der Waals surface area contributed by atoms with Crippen molar-refractivity contribution in [2.24, 2.45) is 4.99 Å².